The number of halogens is 1. The van der Waals surface area contributed by atoms with E-state index in [2.05, 4.69) is 27.5 Å². The number of pyridine rings is 1. The highest BCUT2D eigenvalue weighted by Crippen LogP contribution is 2.41. The minimum atomic E-state index is -0.751. The van der Waals surface area contributed by atoms with Crippen molar-refractivity contribution in [2.45, 2.75) is 12.6 Å². The predicted octanol–water partition coefficient (Wildman–Crippen LogP) is 5.03. The van der Waals surface area contributed by atoms with Crippen molar-refractivity contribution in [1.82, 2.24) is 9.88 Å². The molecule has 0 bridgehead atoms. The zero-order chi connectivity index (χ0) is 23.4. The van der Waals surface area contributed by atoms with E-state index in [1.807, 2.05) is 30.3 Å². The van der Waals surface area contributed by atoms with Crippen molar-refractivity contribution in [1.29, 1.82) is 0 Å². The van der Waals surface area contributed by atoms with Crippen molar-refractivity contribution < 1.29 is 19.4 Å². The van der Waals surface area contributed by atoms with Gasteiger partial charge in [-0.25, -0.2) is 0 Å². The van der Waals surface area contributed by atoms with Crippen molar-refractivity contribution in [3.05, 3.63) is 112 Å². The van der Waals surface area contributed by atoms with Crippen molar-refractivity contribution in [3.8, 4) is 5.75 Å². The van der Waals surface area contributed by atoms with Crippen LogP contribution in [0.3, 0.4) is 0 Å². The summed E-state index contributed by atoms with van der Waals surface area (Å²) in [5.74, 6) is -1.03. The molecule has 3 aromatic rings. The fourth-order valence-electron chi connectivity index (χ4n) is 3.77. The molecular formula is C26H21BrN2O4. The summed E-state index contributed by atoms with van der Waals surface area (Å²) in [5, 5.41) is 11.2. The van der Waals surface area contributed by atoms with Crippen LogP contribution in [0.5, 0.6) is 5.75 Å². The molecule has 2 aromatic carbocycles. The number of ketones is 1. The quantitative estimate of drug-likeness (QED) is 0.211. The Balaban J connectivity index is 1.79. The molecule has 7 heteroatoms. The van der Waals surface area contributed by atoms with E-state index in [1.165, 1.54) is 4.90 Å². The van der Waals surface area contributed by atoms with Gasteiger partial charge >= 0.3 is 0 Å². The molecule has 6 nitrogen and oxygen atoms in total. The zero-order valence-corrected chi connectivity index (χ0v) is 19.2. The first kappa shape index (κ1) is 22.5. The number of hydrogen-bond acceptors (Lipinski definition) is 5. The summed E-state index contributed by atoms with van der Waals surface area (Å²) >= 11 is 3.46. The van der Waals surface area contributed by atoms with E-state index in [0.29, 0.717) is 23.5 Å². The monoisotopic (exact) mass is 504 g/mol. The summed E-state index contributed by atoms with van der Waals surface area (Å²) in [4.78, 5) is 31.8. The molecule has 1 unspecified atom stereocenters. The van der Waals surface area contributed by atoms with E-state index in [0.717, 1.165) is 10.0 Å². The number of carbonyl (C=O) groups is 2. The molecule has 2 heterocycles. The molecule has 0 saturated carbocycles. The number of rotatable bonds is 7. The number of aliphatic hydroxyl groups is 1. The molecule has 166 valence electrons. The number of likely N-dealkylation sites (tertiary alicyclic amines) is 1. The number of Topliss-reactive ketones (excluding diaryl/α,β-unsaturated/α-hetero) is 1. The topological polar surface area (TPSA) is 79.7 Å². The normalized spacial score (nSPS) is 17.2. The molecule has 1 aromatic heterocycles. The van der Waals surface area contributed by atoms with Gasteiger partial charge in [0.15, 0.2) is 0 Å². The van der Waals surface area contributed by atoms with Crippen LogP contribution in [0, 0.1) is 0 Å². The number of aromatic nitrogens is 1. The molecule has 0 radical (unpaired) electrons. The Hall–Kier alpha value is -3.71. The second-order valence-electron chi connectivity index (χ2n) is 7.47. The van der Waals surface area contributed by atoms with E-state index in [4.69, 9.17) is 4.74 Å². The standard InChI is InChI=1S/C26H21BrN2O4/c1-2-13-33-21-10-8-18(9-11-21)24(30)22-23(19-6-3-7-20(27)14-19)29(26(32)25(22)31)16-17-5-4-12-28-15-17/h2-12,14-15,23,30H,1,13,16H2/b24-22+. The number of hydrogen-bond donors (Lipinski definition) is 1. The van der Waals surface area contributed by atoms with Crippen LogP contribution in [0.15, 0.2) is 95.8 Å². The number of carbonyl (C=O) groups excluding carboxylic acids is 2. The van der Waals surface area contributed by atoms with Gasteiger partial charge in [-0.15, -0.1) is 0 Å². The van der Waals surface area contributed by atoms with Crippen LogP contribution in [0.25, 0.3) is 5.76 Å². The summed E-state index contributed by atoms with van der Waals surface area (Å²) in [5.41, 5.74) is 1.95. The van der Waals surface area contributed by atoms with Gasteiger partial charge in [0.05, 0.1) is 11.6 Å². The van der Waals surface area contributed by atoms with Crippen LogP contribution in [0.1, 0.15) is 22.7 Å². The van der Waals surface area contributed by atoms with Gasteiger partial charge in [-0.2, -0.15) is 0 Å². The van der Waals surface area contributed by atoms with Crippen molar-refractivity contribution in [2.24, 2.45) is 0 Å². The van der Waals surface area contributed by atoms with Gasteiger partial charge in [0.25, 0.3) is 11.7 Å². The predicted molar refractivity (Wildman–Crippen MR) is 128 cm³/mol. The maximum atomic E-state index is 13.1. The number of benzene rings is 2. The second kappa shape index (κ2) is 9.83. The lowest BCUT2D eigenvalue weighted by Crippen LogP contribution is -2.29. The fourth-order valence-corrected chi connectivity index (χ4v) is 4.19. The van der Waals surface area contributed by atoms with Gasteiger partial charge in [-0.3, -0.25) is 14.6 Å². The van der Waals surface area contributed by atoms with Crippen LogP contribution >= 0.6 is 15.9 Å². The van der Waals surface area contributed by atoms with Gasteiger partial charge in [0.2, 0.25) is 0 Å². The van der Waals surface area contributed by atoms with Gasteiger partial charge in [0.1, 0.15) is 18.1 Å². The molecule has 1 saturated heterocycles. The largest absolute Gasteiger partial charge is 0.507 e. The summed E-state index contributed by atoms with van der Waals surface area (Å²) in [6, 6.07) is 16.9. The van der Waals surface area contributed by atoms with Gasteiger partial charge in [-0.1, -0.05) is 46.8 Å². The third kappa shape index (κ3) is 4.73. The summed E-state index contributed by atoms with van der Waals surface area (Å²) in [6.07, 6.45) is 4.93. The van der Waals surface area contributed by atoms with E-state index in [1.54, 1.807) is 48.8 Å². The summed E-state index contributed by atoms with van der Waals surface area (Å²) < 4.78 is 6.29. The number of nitrogens with zero attached hydrogens (tertiary/aromatic N) is 2. The molecule has 1 N–H and O–H groups in total. The van der Waals surface area contributed by atoms with Crippen LogP contribution in [-0.2, 0) is 16.1 Å². The molecule has 0 aliphatic carbocycles. The summed E-state index contributed by atoms with van der Waals surface area (Å²) in [6.45, 7) is 4.15. The molecule has 4 rings (SSSR count). The van der Waals surface area contributed by atoms with Gasteiger partial charge < -0.3 is 14.7 Å². The van der Waals surface area contributed by atoms with Crippen molar-refractivity contribution in [3.63, 3.8) is 0 Å². The number of ether oxygens (including phenoxy) is 1. The minimum absolute atomic E-state index is 0.0433. The SMILES string of the molecule is C=CCOc1ccc(/C(O)=C2\C(=O)C(=O)N(Cc3cccnc3)C2c2cccc(Br)c2)cc1. The molecule has 33 heavy (non-hydrogen) atoms. The first-order valence-electron chi connectivity index (χ1n) is 10.3. The molecule has 1 atom stereocenters. The van der Waals surface area contributed by atoms with E-state index >= 15 is 0 Å². The Morgan fingerprint density at radius 3 is 2.61 bits per heavy atom. The van der Waals surface area contributed by atoms with Crippen LogP contribution in [-0.4, -0.2) is 33.3 Å². The smallest absolute Gasteiger partial charge is 0.295 e. The zero-order valence-electron chi connectivity index (χ0n) is 17.6. The Morgan fingerprint density at radius 1 is 1.15 bits per heavy atom. The molecule has 1 aliphatic heterocycles. The van der Waals surface area contributed by atoms with E-state index in [-0.39, 0.29) is 17.9 Å². The van der Waals surface area contributed by atoms with Crippen LogP contribution in [0.2, 0.25) is 0 Å². The fraction of sp³-hybridized carbons (Fsp3) is 0.115. The third-order valence-corrected chi connectivity index (χ3v) is 5.77. The first-order chi connectivity index (χ1) is 16.0. The minimum Gasteiger partial charge on any atom is -0.507 e. The van der Waals surface area contributed by atoms with E-state index in [9.17, 15) is 14.7 Å². The van der Waals surface area contributed by atoms with Crippen molar-refractivity contribution in [2.75, 3.05) is 6.61 Å². The van der Waals surface area contributed by atoms with Gasteiger partial charge in [-0.05, 0) is 53.6 Å². The molecular weight excluding hydrogens is 484 g/mol. The number of amides is 1. The third-order valence-electron chi connectivity index (χ3n) is 5.28. The molecule has 1 aliphatic rings. The highest BCUT2D eigenvalue weighted by molar-refractivity contribution is 9.10. The van der Waals surface area contributed by atoms with Crippen molar-refractivity contribution >= 4 is 33.4 Å². The Bertz CT molecular complexity index is 1220. The van der Waals surface area contributed by atoms with Crippen LogP contribution in [0.4, 0.5) is 0 Å². The second-order valence-corrected chi connectivity index (χ2v) is 8.38. The first-order valence-corrected chi connectivity index (χ1v) is 11.1. The summed E-state index contributed by atoms with van der Waals surface area (Å²) in [7, 11) is 0. The van der Waals surface area contributed by atoms with Crippen LogP contribution < -0.4 is 4.74 Å². The van der Waals surface area contributed by atoms with E-state index < -0.39 is 17.7 Å². The molecule has 1 fully saturated rings. The Morgan fingerprint density at radius 2 is 1.94 bits per heavy atom. The average Bonchev–Trinajstić information content (AvgIpc) is 3.08. The lowest BCUT2D eigenvalue weighted by atomic mass is 9.95. The average molecular weight is 505 g/mol. The lowest BCUT2D eigenvalue weighted by Gasteiger charge is -2.25. The lowest BCUT2D eigenvalue weighted by molar-refractivity contribution is -0.140. The highest BCUT2D eigenvalue weighted by Gasteiger charge is 2.46. The molecule has 0 spiro atoms. The Kier molecular flexibility index (Phi) is 6.70. The maximum absolute atomic E-state index is 13.1. The maximum Gasteiger partial charge on any atom is 0.295 e. The highest BCUT2D eigenvalue weighted by atomic mass is 79.9. The molecule has 1 amide bonds. The number of aliphatic hydroxyl groups excluding tert-OH is 1. The van der Waals surface area contributed by atoms with Gasteiger partial charge in [0, 0.05) is 29.0 Å². The Labute approximate surface area is 200 Å².